The quantitative estimate of drug-likeness (QED) is 0.330. The number of nitrogens with one attached hydrogen (secondary N) is 1. The van der Waals surface area contributed by atoms with Gasteiger partial charge in [0, 0.05) is 30.3 Å². The zero-order chi connectivity index (χ0) is 16.4. The molecule has 0 aliphatic heterocycles. The van der Waals surface area contributed by atoms with Crippen LogP contribution < -0.4 is 5.32 Å². The summed E-state index contributed by atoms with van der Waals surface area (Å²) in [5.74, 6) is -0.285. The highest BCUT2D eigenvalue weighted by molar-refractivity contribution is 5.82. The van der Waals surface area contributed by atoms with Crippen LogP contribution in [0, 0.1) is 0 Å². The summed E-state index contributed by atoms with van der Waals surface area (Å²) in [6.07, 6.45) is 2.56. The Balaban J connectivity index is 2.29. The monoisotopic (exact) mass is 305 g/mol. The number of esters is 1. The van der Waals surface area contributed by atoms with Crippen LogP contribution in [-0.4, -0.2) is 44.2 Å². The lowest BCUT2D eigenvalue weighted by molar-refractivity contribution is -0.903. The third-order valence-corrected chi connectivity index (χ3v) is 3.42. The zero-order valence-electron chi connectivity index (χ0n) is 14.3. The van der Waals surface area contributed by atoms with Crippen LogP contribution in [0.2, 0.25) is 0 Å². The Morgan fingerprint density at radius 2 is 1.95 bits per heavy atom. The van der Waals surface area contributed by atoms with E-state index in [9.17, 15) is 4.79 Å². The van der Waals surface area contributed by atoms with Crippen molar-refractivity contribution in [1.82, 2.24) is 5.32 Å². The maximum absolute atomic E-state index is 11.3. The van der Waals surface area contributed by atoms with Crippen LogP contribution in [0.5, 0.6) is 0 Å². The van der Waals surface area contributed by atoms with Gasteiger partial charge in [-0.3, -0.25) is 0 Å². The van der Waals surface area contributed by atoms with Crippen molar-refractivity contribution in [2.45, 2.75) is 26.8 Å². The molecule has 4 nitrogen and oxygen atoms in total. The van der Waals surface area contributed by atoms with Crippen molar-refractivity contribution < 1.29 is 14.0 Å². The maximum atomic E-state index is 11.3. The molecule has 0 aromatic heterocycles. The number of quaternary nitrogens is 1. The van der Waals surface area contributed by atoms with Crippen molar-refractivity contribution in [3.05, 3.63) is 47.7 Å². The van der Waals surface area contributed by atoms with E-state index in [4.69, 9.17) is 4.74 Å². The predicted molar refractivity (Wildman–Crippen MR) is 90.1 cm³/mol. The van der Waals surface area contributed by atoms with Gasteiger partial charge in [-0.2, -0.15) is 0 Å². The van der Waals surface area contributed by atoms with Gasteiger partial charge in [0.05, 0.1) is 27.2 Å². The van der Waals surface area contributed by atoms with E-state index in [1.54, 1.807) is 6.92 Å². The van der Waals surface area contributed by atoms with Crippen LogP contribution in [0.4, 0.5) is 0 Å². The van der Waals surface area contributed by atoms with E-state index in [2.05, 4.69) is 43.7 Å². The van der Waals surface area contributed by atoms with Gasteiger partial charge >= 0.3 is 5.97 Å². The summed E-state index contributed by atoms with van der Waals surface area (Å²) in [4.78, 5) is 11.3. The molecule has 0 saturated carbocycles. The normalized spacial score (nSPS) is 12.1. The van der Waals surface area contributed by atoms with E-state index in [1.165, 1.54) is 11.6 Å². The molecular formula is C18H29N2O2+. The first kappa shape index (κ1) is 18.2. The molecule has 0 aliphatic carbocycles. The van der Waals surface area contributed by atoms with Gasteiger partial charge in [0.1, 0.15) is 6.54 Å². The predicted octanol–water partition coefficient (Wildman–Crippen LogP) is 2.71. The van der Waals surface area contributed by atoms with Gasteiger partial charge < -0.3 is 14.5 Å². The molecule has 1 N–H and O–H groups in total. The average molecular weight is 305 g/mol. The van der Waals surface area contributed by atoms with Crippen molar-refractivity contribution >= 4 is 5.97 Å². The topological polar surface area (TPSA) is 38.3 Å². The van der Waals surface area contributed by atoms with Gasteiger partial charge in [0.2, 0.25) is 0 Å². The van der Waals surface area contributed by atoms with Gasteiger partial charge in [-0.1, -0.05) is 30.3 Å². The molecule has 1 aromatic rings. The molecule has 1 aromatic carbocycles. The third-order valence-electron chi connectivity index (χ3n) is 3.42. The lowest BCUT2D eigenvalue weighted by atomic mass is 10.2. The molecule has 0 fully saturated rings. The number of ether oxygens (including phenoxy) is 1. The van der Waals surface area contributed by atoms with E-state index in [1.807, 2.05) is 13.0 Å². The van der Waals surface area contributed by atoms with Crippen LogP contribution in [0.25, 0.3) is 0 Å². The first-order valence-corrected chi connectivity index (χ1v) is 7.88. The number of hydrogen-bond acceptors (Lipinski definition) is 3. The molecule has 0 amide bonds. The number of hydrogen-bond donors (Lipinski definition) is 1. The Labute approximate surface area is 134 Å². The van der Waals surface area contributed by atoms with Crippen LogP contribution in [0.15, 0.2) is 42.1 Å². The number of benzene rings is 1. The standard InChI is InChI=1S/C18H28N2O2/c1-5-22-18(21)14-16(2)19-12-9-13-20(3,4)15-17-10-7-6-8-11-17/h6-8,10-11,14H,5,9,12-13,15H2,1-4H3/p+1. The Hall–Kier alpha value is -1.81. The molecule has 1 rings (SSSR count). The van der Waals surface area contributed by atoms with Crippen LogP contribution in [0.3, 0.4) is 0 Å². The molecule has 0 saturated heterocycles. The smallest absolute Gasteiger partial charge is 0.332 e. The largest absolute Gasteiger partial charge is 0.463 e. The molecular weight excluding hydrogens is 276 g/mol. The molecule has 0 atom stereocenters. The van der Waals surface area contributed by atoms with E-state index < -0.39 is 0 Å². The van der Waals surface area contributed by atoms with Gasteiger partial charge in [-0.05, 0) is 13.8 Å². The zero-order valence-corrected chi connectivity index (χ0v) is 14.3. The fourth-order valence-corrected chi connectivity index (χ4v) is 2.36. The van der Waals surface area contributed by atoms with Crippen molar-refractivity contribution in [3.63, 3.8) is 0 Å². The molecule has 0 unspecified atom stereocenters. The summed E-state index contributed by atoms with van der Waals surface area (Å²) < 4.78 is 5.83. The lowest BCUT2D eigenvalue weighted by Gasteiger charge is -2.30. The summed E-state index contributed by atoms with van der Waals surface area (Å²) in [5, 5.41) is 3.26. The highest BCUT2D eigenvalue weighted by atomic mass is 16.5. The minimum absolute atomic E-state index is 0.285. The third kappa shape index (κ3) is 7.84. The maximum Gasteiger partial charge on any atom is 0.332 e. The molecule has 0 spiro atoms. The number of carbonyl (C=O) groups excluding carboxylic acids is 1. The summed E-state index contributed by atoms with van der Waals surface area (Å²) in [7, 11) is 4.49. The van der Waals surface area contributed by atoms with Gasteiger partial charge in [0.15, 0.2) is 0 Å². The number of rotatable bonds is 9. The minimum Gasteiger partial charge on any atom is -0.463 e. The van der Waals surface area contributed by atoms with Crippen LogP contribution in [0.1, 0.15) is 25.8 Å². The number of allylic oxidation sites excluding steroid dienone is 1. The van der Waals surface area contributed by atoms with Crippen molar-refractivity contribution in [2.75, 3.05) is 33.8 Å². The SMILES string of the molecule is CCOC(=O)/C=C(\C)NCCC[N+](C)(C)Cc1ccccc1. The highest BCUT2D eigenvalue weighted by Gasteiger charge is 2.14. The fraction of sp³-hybridized carbons (Fsp3) is 0.500. The second-order valence-electron chi connectivity index (χ2n) is 6.16. The molecule has 122 valence electrons. The van der Waals surface area contributed by atoms with Crippen LogP contribution >= 0.6 is 0 Å². The Bertz CT molecular complexity index is 481. The van der Waals surface area contributed by atoms with E-state index >= 15 is 0 Å². The van der Waals surface area contributed by atoms with E-state index in [-0.39, 0.29) is 5.97 Å². The van der Waals surface area contributed by atoms with Crippen LogP contribution in [-0.2, 0) is 16.1 Å². The van der Waals surface area contributed by atoms with Crippen molar-refractivity contribution in [3.8, 4) is 0 Å². The second-order valence-corrected chi connectivity index (χ2v) is 6.16. The Morgan fingerprint density at radius 1 is 1.27 bits per heavy atom. The van der Waals surface area contributed by atoms with E-state index in [0.29, 0.717) is 6.61 Å². The lowest BCUT2D eigenvalue weighted by Crippen LogP contribution is -2.40. The van der Waals surface area contributed by atoms with Crippen molar-refractivity contribution in [1.29, 1.82) is 0 Å². The fourth-order valence-electron chi connectivity index (χ4n) is 2.36. The summed E-state index contributed by atoms with van der Waals surface area (Å²) in [6, 6.07) is 10.6. The number of nitrogens with zero attached hydrogens (tertiary/aromatic N) is 1. The summed E-state index contributed by atoms with van der Waals surface area (Å²) in [5.41, 5.74) is 2.21. The molecule has 0 heterocycles. The molecule has 0 bridgehead atoms. The molecule has 22 heavy (non-hydrogen) atoms. The van der Waals surface area contributed by atoms with E-state index in [0.717, 1.165) is 36.2 Å². The molecule has 4 heteroatoms. The number of carbonyl (C=O) groups is 1. The Morgan fingerprint density at radius 3 is 2.59 bits per heavy atom. The summed E-state index contributed by atoms with van der Waals surface area (Å²) in [6.45, 7) is 7.07. The molecule has 0 aliphatic rings. The second kappa shape index (κ2) is 9.26. The highest BCUT2D eigenvalue weighted by Crippen LogP contribution is 2.09. The van der Waals surface area contributed by atoms with Gasteiger partial charge in [-0.25, -0.2) is 4.79 Å². The van der Waals surface area contributed by atoms with Gasteiger partial charge in [0.25, 0.3) is 0 Å². The summed E-state index contributed by atoms with van der Waals surface area (Å²) >= 11 is 0. The van der Waals surface area contributed by atoms with Crippen molar-refractivity contribution in [2.24, 2.45) is 0 Å². The first-order valence-electron chi connectivity index (χ1n) is 7.88. The molecule has 0 radical (unpaired) electrons. The minimum atomic E-state index is -0.285. The average Bonchev–Trinajstić information content (AvgIpc) is 2.44. The first-order chi connectivity index (χ1) is 10.4. The Kier molecular flexibility index (Phi) is 7.67. The van der Waals surface area contributed by atoms with Gasteiger partial charge in [-0.15, -0.1) is 0 Å².